The molecule has 0 aliphatic rings. The number of esters is 1. The minimum absolute atomic E-state index is 0.143. The first-order chi connectivity index (χ1) is 15.9. The number of carbonyl (C=O) groups is 3. The van der Waals surface area contributed by atoms with E-state index in [1.54, 1.807) is 80.8 Å². The fraction of sp³-hybridized carbons (Fsp3) is 0.120. The standard InChI is InChI=1S/C25H21N3O4S/c1-28(2)24(30)17-11-13-19(14-12-17)27-23(29)16-32-25(31)20-8-4-6-10-22(20)33-21-9-5-3-7-18(21)15-26/h3-14H,16H2,1-2H3,(H,27,29). The lowest BCUT2D eigenvalue weighted by Crippen LogP contribution is -2.22. The predicted octanol–water partition coefficient (Wildman–Crippen LogP) is 4.21. The van der Waals surface area contributed by atoms with Gasteiger partial charge in [0.05, 0.1) is 11.1 Å². The molecule has 0 unspecified atom stereocenters. The zero-order chi connectivity index (χ0) is 23.8. The molecule has 0 aromatic heterocycles. The van der Waals surface area contributed by atoms with Gasteiger partial charge >= 0.3 is 5.97 Å². The maximum Gasteiger partial charge on any atom is 0.339 e. The van der Waals surface area contributed by atoms with Gasteiger partial charge in [0.2, 0.25) is 0 Å². The van der Waals surface area contributed by atoms with Gasteiger partial charge in [-0.3, -0.25) is 9.59 Å². The van der Waals surface area contributed by atoms with E-state index in [1.807, 2.05) is 6.07 Å². The lowest BCUT2D eigenvalue weighted by Gasteiger charge is -2.12. The van der Waals surface area contributed by atoms with Crippen molar-refractivity contribution in [3.05, 3.63) is 89.5 Å². The van der Waals surface area contributed by atoms with Gasteiger partial charge < -0.3 is 15.0 Å². The average Bonchev–Trinajstić information content (AvgIpc) is 2.83. The molecule has 0 atom stereocenters. The number of hydrogen-bond acceptors (Lipinski definition) is 6. The van der Waals surface area contributed by atoms with E-state index in [0.29, 0.717) is 32.2 Å². The zero-order valence-electron chi connectivity index (χ0n) is 18.1. The first-order valence-electron chi connectivity index (χ1n) is 9.93. The number of nitrogens with one attached hydrogen (secondary N) is 1. The van der Waals surface area contributed by atoms with Crippen molar-refractivity contribution in [3.63, 3.8) is 0 Å². The maximum atomic E-state index is 12.6. The third-order valence-corrected chi connectivity index (χ3v) is 5.64. The number of nitriles is 1. The number of benzene rings is 3. The Kier molecular flexibility index (Phi) is 7.84. The van der Waals surface area contributed by atoms with Crippen LogP contribution in [0.1, 0.15) is 26.3 Å². The highest BCUT2D eigenvalue weighted by Crippen LogP contribution is 2.32. The first-order valence-corrected chi connectivity index (χ1v) is 10.8. The summed E-state index contributed by atoms with van der Waals surface area (Å²) in [6, 6.07) is 22.5. The Hall–Kier alpha value is -4.09. The van der Waals surface area contributed by atoms with Gasteiger partial charge in [-0.1, -0.05) is 36.0 Å². The molecule has 0 aliphatic carbocycles. The smallest absolute Gasteiger partial charge is 0.339 e. The largest absolute Gasteiger partial charge is 0.452 e. The van der Waals surface area contributed by atoms with Crippen LogP contribution in [0.15, 0.2) is 82.6 Å². The molecule has 166 valence electrons. The predicted molar refractivity (Wildman–Crippen MR) is 125 cm³/mol. The summed E-state index contributed by atoms with van der Waals surface area (Å²) in [5.41, 5.74) is 1.78. The van der Waals surface area contributed by atoms with Crippen molar-refractivity contribution < 1.29 is 19.1 Å². The quantitative estimate of drug-likeness (QED) is 0.532. The molecular formula is C25H21N3O4S. The van der Waals surface area contributed by atoms with Crippen LogP contribution < -0.4 is 5.32 Å². The van der Waals surface area contributed by atoms with E-state index in [4.69, 9.17) is 4.74 Å². The molecule has 0 radical (unpaired) electrons. The minimum atomic E-state index is -0.644. The number of ether oxygens (including phenoxy) is 1. The van der Waals surface area contributed by atoms with Crippen molar-refractivity contribution in [1.29, 1.82) is 5.26 Å². The highest BCUT2D eigenvalue weighted by atomic mass is 32.2. The maximum absolute atomic E-state index is 12.6. The second kappa shape index (κ2) is 11.0. The molecule has 0 spiro atoms. The molecule has 0 fully saturated rings. The van der Waals surface area contributed by atoms with Gasteiger partial charge in [0.15, 0.2) is 6.61 Å². The molecule has 2 amide bonds. The van der Waals surface area contributed by atoms with Crippen LogP contribution in [0.5, 0.6) is 0 Å². The summed E-state index contributed by atoms with van der Waals surface area (Å²) < 4.78 is 5.20. The second-order valence-electron chi connectivity index (χ2n) is 7.11. The van der Waals surface area contributed by atoms with E-state index in [9.17, 15) is 19.6 Å². The van der Waals surface area contributed by atoms with Crippen LogP contribution in [0.25, 0.3) is 0 Å². The Morgan fingerprint density at radius 2 is 1.58 bits per heavy atom. The van der Waals surface area contributed by atoms with Gasteiger partial charge in [-0.25, -0.2) is 4.79 Å². The van der Waals surface area contributed by atoms with Crippen LogP contribution in [0, 0.1) is 11.3 Å². The van der Waals surface area contributed by atoms with E-state index in [1.165, 1.54) is 16.7 Å². The van der Waals surface area contributed by atoms with Gasteiger partial charge in [-0.15, -0.1) is 0 Å². The van der Waals surface area contributed by atoms with Crippen LogP contribution in [0.2, 0.25) is 0 Å². The molecular weight excluding hydrogens is 438 g/mol. The van der Waals surface area contributed by atoms with Crippen molar-refractivity contribution in [2.24, 2.45) is 0 Å². The number of hydrogen-bond donors (Lipinski definition) is 1. The van der Waals surface area contributed by atoms with E-state index in [0.717, 1.165) is 0 Å². The van der Waals surface area contributed by atoms with Gasteiger partial charge in [-0.05, 0) is 48.5 Å². The summed E-state index contributed by atoms with van der Waals surface area (Å²) in [6.07, 6.45) is 0. The van der Waals surface area contributed by atoms with Crippen LogP contribution >= 0.6 is 11.8 Å². The number of rotatable bonds is 7. The highest BCUT2D eigenvalue weighted by molar-refractivity contribution is 7.99. The Balaban J connectivity index is 1.61. The number of carbonyl (C=O) groups excluding carboxylic acids is 3. The van der Waals surface area contributed by atoms with E-state index in [2.05, 4.69) is 11.4 Å². The van der Waals surface area contributed by atoms with Gasteiger partial charge in [0.25, 0.3) is 11.8 Å². The fourth-order valence-electron chi connectivity index (χ4n) is 2.85. The van der Waals surface area contributed by atoms with Crippen molar-refractivity contribution in [2.75, 3.05) is 26.0 Å². The van der Waals surface area contributed by atoms with Crippen LogP contribution in [0.3, 0.4) is 0 Å². The molecule has 0 bridgehead atoms. The number of nitrogens with zero attached hydrogens (tertiary/aromatic N) is 2. The molecule has 3 rings (SSSR count). The molecule has 7 nitrogen and oxygen atoms in total. The molecule has 0 saturated heterocycles. The topological polar surface area (TPSA) is 99.5 Å². The van der Waals surface area contributed by atoms with E-state index < -0.39 is 18.5 Å². The Morgan fingerprint density at radius 3 is 2.24 bits per heavy atom. The summed E-state index contributed by atoms with van der Waals surface area (Å²) >= 11 is 1.28. The summed E-state index contributed by atoms with van der Waals surface area (Å²) in [4.78, 5) is 39.6. The molecule has 0 saturated carbocycles. The third kappa shape index (κ3) is 6.21. The van der Waals surface area contributed by atoms with Gasteiger partial charge in [0.1, 0.15) is 6.07 Å². The van der Waals surface area contributed by atoms with Crippen molar-refractivity contribution >= 4 is 35.2 Å². The Bertz CT molecular complexity index is 1220. The average molecular weight is 460 g/mol. The summed E-state index contributed by atoms with van der Waals surface area (Å²) in [5, 5.41) is 11.9. The molecule has 33 heavy (non-hydrogen) atoms. The highest BCUT2D eigenvalue weighted by Gasteiger charge is 2.16. The molecule has 0 aliphatic heterocycles. The van der Waals surface area contributed by atoms with Crippen LogP contribution in [-0.2, 0) is 9.53 Å². The lowest BCUT2D eigenvalue weighted by atomic mass is 10.2. The monoisotopic (exact) mass is 459 g/mol. The Labute approximate surface area is 196 Å². The second-order valence-corrected chi connectivity index (χ2v) is 8.19. The van der Waals surface area contributed by atoms with Crippen molar-refractivity contribution in [2.45, 2.75) is 9.79 Å². The SMILES string of the molecule is CN(C)C(=O)c1ccc(NC(=O)COC(=O)c2ccccc2Sc2ccccc2C#N)cc1. The number of amides is 2. The molecule has 3 aromatic carbocycles. The van der Waals surface area contributed by atoms with Crippen molar-refractivity contribution in [1.82, 2.24) is 4.90 Å². The third-order valence-electron chi connectivity index (χ3n) is 4.49. The summed E-state index contributed by atoms with van der Waals surface area (Å²) in [6.45, 7) is -0.467. The normalized spacial score (nSPS) is 10.1. The van der Waals surface area contributed by atoms with E-state index in [-0.39, 0.29) is 5.91 Å². The molecule has 1 N–H and O–H groups in total. The first kappa shape index (κ1) is 23.6. The summed E-state index contributed by atoms with van der Waals surface area (Å²) in [7, 11) is 3.32. The van der Waals surface area contributed by atoms with Crippen LogP contribution in [0.4, 0.5) is 5.69 Å². The Morgan fingerprint density at radius 1 is 0.939 bits per heavy atom. The fourth-order valence-corrected chi connectivity index (χ4v) is 3.87. The van der Waals surface area contributed by atoms with Crippen molar-refractivity contribution in [3.8, 4) is 6.07 Å². The molecule has 8 heteroatoms. The lowest BCUT2D eigenvalue weighted by molar-refractivity contribution is -0.119. The zero-order valence-corrected chi connectivity index (χ0v) is 18.9. The van der Waals surface area contributed by atoms with Crippen LogP contribution in [-0.4, -0.2) is 43.4 Å². The van der Waals surface area contributed by atoms with Gasteiger partial charge in [0, 0.05) is 35.1 Å². The summed E-state index contributed by atoms with van der Waals surface area (Å²) in [5.74, 6) is -1.29. The minimum Gasteiger partial charge on any atom is -0.452 e. The van der Waals surface area contributed by atoms with E-state index >= 15 is 0 Å². The molecule has 0 heterocycles. The molecule has 3 aromatic rings. The van der Waals surface area contributed by atoms with Gasteiger partial charge in [-0.2, -0.15) is 5.26 Å². The number of anilines is 1.